The molecule has 3 aromatic rings. The lowest BCUT2D eigenvalue weighted by atomic mass is 10.00. The number of rotatable bonds is 4. The van der Waals surface area contributed by atoms with Crippen LogP contribution in [0.5, 0.6) is 0 Å². The molecule has 0 spiro atoms. The van der Waals surface area contributed by atoms with Crippen molar-refractivity contribution in [1.82, 2.24) is 5.43 Å². The van der Waals surface area contributed by atoms with Gasteiger partial charge in [-0.05, 0) is 62.6 Å². The van der Waals surface area contributed by atoms with Gasteiger partial charge in [0, 0.05) is 15.8 Å². The van der Waals surface area contributed by atoms with Gasteiger partial charge in [-0.2, -0.15) is 0 Å². The van der Waals surface area contributed by atoms with Crippen molar-refractivity contribution in [1.29, 1.82) is 0 Å². The Labute approximate surface area is 144 Å². The summed E-state index contributed by atoms with van der Waals surface area (Å²) in [5.74, 6) is 5.76. The summed E-state index contributed by atoms with van der Waals surface area (Å²) in [6, 6.07) is 17.1. The molecule has 0 aliphatic heterocycles. The highest BCUT2D eigenvalue weighted by molar-refractivity contribution is 9.11. The van der Waals surface area contributed by atoms with Crippen LogP contribution in [-0.4, -0.2) is 0 Å². The lowest BCUT2D eigenvalue weighted by Crippen LogP contribution is -2.29. The molecule has 3 N–H and O–H groups in total. The van der Waals surface area contributed by atoms with Gasteiger partial charge in [-0.3, -0.25) is 11.3 Å². The van der Waals surface area contributed by atoms with Crippen LogP contribution >= 0.6 is 43.2 Å². The van der Waals surface area contributed by atoms with Crippen LogP contribution in [0.25, 0.3) is 10.8 Å². The van der Waals surface area contributed by atoms with Gasteiger partial charge < -0.3 is 0 Å². The Morgan fingerprint density at radius 3 is 2.48 bits per heavy atom. The van der Waals surface area contributed by atoms with E-state index in [9.17, 15) is 0 Å². The van der Waals surface area contributed by atoms with E-state index in [0.717, 1.165) is 14.7 Å². The molecule has 5 heteroatoms. The average Bonchev–Trinajstić information content (AvgIpc) is 2.89. The molecule has 1 atom stereocenters. The van der Waals surface area contributed by atoms with Crippen molar-refractivity contribution in [3.63, 3.8) is 0 Å². The number of halogens is 2. The number of hydrogen-bond acceptors (Lipinski definition) is 3. The maximum atomic E-state index is 5.76. The molecule has 1 heterocycles. The highest BCUT2D eigenvalue weighted by Gasteiger charge is 2.12. The molecule has 1 aromatic heterocycles. The first-order valence-electron chi connectivity index (χ1n) is 6.55. The largest absolute Gasteiger partial charge is 0.271 e. The van der Waals surface area contributed by atoms with Crippen molar-refractivity contribution in [3.8, 4) is 0 Å². The third kappa shape index (κ3) is 3.55. The Bertz CT molecular complexity index is 770. The molecule has 0 aliphatic rings. The summed E-state index contributed by atoms with van der Waals surface area (Å²) >= 11 is 8.75. The second kappa shape index (κ2) is 6.58. The number of fused-ring (bicyclic) bond motifs is 1. The maximum absolute atomic E-state index is 5.76. The first-order valence-corrected chi connectivity index (χ1v) is 8.95. The van der Waals surface area contributed by atoms with Gasteiger partial charge in [0.05, 0.1) is 9.83 Å². The molecule has 0 bridgehead atoms. The molecule has 0 saturated heterocycles. The van der Waals surface area contributed by atoms with Gasteiger partial charge in [0.2, 0.25) is 0 Å². The Kier molecular flexibility index (Phi) is 4.76. The summed E-state index contributed by atoms with van der Waals surface area (Å²) in [6.07, 6.45) is 0.884. The van der Waals surface area contributed by atoms with Crippen LogP contribution in [0, 0.1) is 0 Å². The molecule has 0 aliphatic carbocycles. The van der Waals surface area contributed by atoms with E-state index in [0.29, 0.717) is 0 Å². The first kappa shape index (κ1) is 15.2. The van der Waals surface area contributed by atoms with Gasteiger partial charge in [0.25, 0.3) is 0 Å². The van der Waals surface area contributed by atoms with Crippen molar-refractivity contribution in [2.24, 2.45) is 5.84 Å². The van der Waals surface area contributed by atoms with Gasteiger partial charge in [0.15, 0.2) is 0 Å². The number of hydrazine groups is 1. The Morgan fingerprint density at radius 1 is 1.00 bits per heavy atom. The third-order valence-electron chi connectivity index (χ3n) is 3.46. The van der Waals surface area contributed by atoms with E-state index >= 15 is 0 Å². The zero-order chi connectivity index (χ0) is 14.8. The molecule has 2 aromatic carbocycles. The topological polar surface area (TPSA) is 38.0 Å². The minimum absolute atomic E-state index is 0.114. The molecule has 108 valence electrons. The highest BCUT2D eigenvalue weighted by atomic mass is 79.9. The zero-order valence-corrected chi connectivity index (χ0v) is 15.1. The minimum Gasteiger partial charge on any atom is -0.271 e. The van der Waals surface area contributed by atoms with E-state index in [-0.39, 0.29) is 6.04 Å². The maximum Gasteiger partial charge on any atom is 0.0701 e. The van der Waals surface area contributed by atoms with E-state index in [1.54, 1.807) is 11.3 Å². The third-order valence-corrected chi connectivity index (χ3v) is 5.60. The summed E-state index contributed by atoms with van der Waals surface area (Å²) in [4.78, 5) is 1.31. The second-order valence-corrected chi connectivity index (χ2v) is 8.34. The van der Waals surface area contributed by atoms with E-state index < -0.39 is 0 Å². The fourth-order valence-corrected chi connectivity index (χ4v) is 4.29. The van der Waals surface area contributed by atoms with E-state index in [1.165, 1.54) is 21.2 Å². The van der Waals surface area contributed by atoms with Gasteiger partial charge >= 0.3 is 0 Å². The Balaban J connectivity index is 1.91. The lowest BCUT2D eigenvalue weighted by molar-refractivity contribution is 0.556. The molecule has 0 fully saturated rings. The Morgan fingerprint density at radius 2 is 1.76 bits per heavy atom. The number of benzene rings is 2. The lowest BCUT2D eigenvalue weighted by Gasteiger charge is -2.16. The van der Waals surface area contributed by atoms with Crippen molar-refractivity contribution in [2.75, 3.05) is 0 Å². The molecule has 21 heavy (non-hydrogen) atoms. The van der Waals surface area contributed by atoms with Gasteiger partial charge in [-0.15, -0.1) is 11.3 Å². The highest BCUT2D eigenvalue weighted by Crippen LogP contribution is 2.28. The molecule has 2 nitrogen and oxygen atoms in total. The Hall–Kier alpha value is -0.720. The van der Waals surface area contributed by atoms with Crippen LogP contribution in [0.1, 0.15) is 16.5 Å². The molecular weight excluding hydrogens is 412 g/mol. The van der Waals surface area contributed by atoms with Gasteiger partial charge in [-0.25, -0.2) is 0 Å². The van der Waals surface area contributed by atoms with Crippen LogP contribution in [-0.2, 0) is 6.42 Å². The average molecular weight is 426 g/mol. The summed E-state index contributed by atoms with van der Waals surface area (Å²) in [5.41, 5.74) is 4.14. The van der Waals surface area contributed by atoms with Crippen molar-refractivity contribution >= 4 is 54.0 Å². The predicted octanol–water partition coefficient (Wildman–Crippen LogP) is 5.17. The van der Waals surface area contributed by atoms with Crippen LogP contribution in [0.3, 0.4) is 0 Å². The minimum atomic E-state index is 0.114. The van der Waals surface area contributed by atoms with Gasteiger partial charge in [0.1, 0.15) is 0 Å². The van der Waals surface area contributed by atoms with E-state index in [1.807, 2.05) is 0 Å². The van der Waals surface area contributed by atoms with E-state index in [4.69, 9.17) is 5.84 Å². The van der Waals surface area contributed by atoms with Crippen LogP contribution in [0.15, 0.2) is 56.8 Å². The SMILES string of the molecule is NNC(Cc1ccc(Br)s1)c1ccc2cc(Br)ccc2c1. The fraction of sp³-hybridized carbons (Fsp3) is 0.125. The predicted molar refractivity (Wildman–Crippen MR) is 97.4 cm³/mol. The van der Waals surface area contributed by atoms with Crippen molar-refractivity contribution < 1.29 is 0 Å². The van der Waals surface area contributed by atoms with Crippen LogP contribution < -0.4 is 11.3 Å². The normalized spacial score (nSPS) is 12.7. The monoisotopic (exact) mass is 424 g/mol. The number of hydrogen-bond donors (Lipinski definition) is 2. The molecule has 3 rings (SSSR count). The molecular formula is C16H14Br2N2S. The zero-order valence-electron chi connectivity index (χ0n) is 11.1. The molecule has 0 amide bonds. The van der Waals surface area contributed by atoms with Crippen molar-refractivity contribution in [2.45, 2.75) is 12.5 Å². The summed E-state index contributed by atoms with van der Waals surface area (Å²) in [6.45, 7) is 0. The van der Waals surface area contributed by atoms with Crippen LogP contribution in [0.4, 0.5) is 0 Å². The standard InChI is InChI=1S/C16H14Br2N2S/c17-13-4-3-10-7-12(2-1-11(10)8-13)15(20-19)9-14-5-6-16(18)21-14/h1-8,15,20H,9,19H2. The quantitative estimate of drug-likeness (QED) is 0.446. The van der Waals surface area contributed by atoms with Gasteiger partial charge in [-0.1, -0.05) is 34.1 Å². The number of nitrogens with two attached hydrogens (primary N) is 1. The van der Waals surface area contributed by atoms with Crippen LogP contribution in [0.2, 0.25) is 0 Å². The summed E-state index contributed by atoms with van der Waals surface area (Å²) in [7, 11) is 0. The second-order valence-electron chi connectivity index (χ2n) is 4.88. The molecule has 1 unspecified atom stereocenters. The smallest absolute Gasteiger partial charge is 0.0701 e. The first-order chi connectivity index (χ1) is 10.2. The summed E-state index contributed by atoms with van der Waals surface area (Å²) in [5, 5.41) is 2.45. The van der Waals surface area contributed by atoms with Crippen molar-refractivity contribution in [3.05, 3.63) is 67.2 Å². The molecule has 0 radical (unpaired) electrons. The summed E-state index contributed by atoms with van der Waals surface area (Å²) < 4.78 is 2.25. The number of nitrogens with one attached hydrogen (secondary N) is 1. The van der Waals surface area contributed by atoms with E-state index in [2.05, 4.69) is 85.8 Å². The number of thiophene rings is 1. The fourth-order valence-electron chi connectivity index (χ4n) is 2.39. The molecule has 0 saturated carbocycles.